The van der Waals surface area contributed by atoms with Crippen molar-refractivity contribution in [3.63, 3.8) is 0 Å². The number of ether oxygens (including phenoxy) is 1. The fraction of sp³-hybridized carbons (Fsp3) is 0.0513. The highest BCUT2D eigenvalue weighted by atomic mass is 16.5. The van der Waals surface area contributed by atoms with Crippen molar-refractivity contribution in [1.29, 1.82) is 0 Å². The molecule has 6 nitrogen and oxygen atoms in total. The lowest BCUT2D eigenvalue weighted by molar-refractivity contribution is -0.113. The van der Waals surface area contributed by atoms with E-state index in [1.807, 2.05) is 91.9 Å². The van der Waals surface area contributed by atoms with Crippen LogP contribution in [0.3, 0.4) is 0 Å². The Morgan fingerprint density at radius 1 is 0.644 bits per heavy atom. The van der Waals surface area contributed by atoms with Gasteiger partial charge in [0, 0.05) is 16.8 Å². The lowest BCUT2D eigenvalue weighted by Gasteiger charge is -2.12. The van der Waals surface area contributed by atoms with Crippen LogP contribution >= 0.6 is 0 Å². The lowest BCUT2D eigenvalue weighted by atomic mass is 10.0. The van der Waals surface area contributed by atoms with Crippen molar-refractivity contribution in [3.05, 3.63) is 167 Å². The molecule has 0 radical (unpaired) electrons. The average Bonchev–Trinajstić information content (AvgIpc) is 3.09. The van der Waals surface area contributed by atoms with E-state index >= 15 is 0 Å². The van der Waals surface area contributed by atoms with Gasteiger partial charge in [-0.05, 0) is 89.9 Å². The molecule has 0 aliphatic carbocycles. The molecule has 2 amide bonds. The van der Waals surface area contributed by atoms with Gasteiger partial charge in [-0.25, -0.2) is 0 Å². The molecule has 0 unspecified atom stereocenters. The van der Waals surface area contributed by atoms with Crippen LogP contribution in [-0.2, 0) is 4.79 Å². The molecule has 0 heterocycles. The van der Waals surface area contributed by atoms with Crippen molar-refractivity contribution in [2.45, 2.75) is 6.92 Å². The van der Waals surface area contributed by atoms with E-state index in [2.05, 4.69) is 10.6 Å². The van der Waals surface area contributed by atoms with Gasteiger partial charge in [0.25, 0.3) is 11.8 Å². The summed E-state index contributed by atoms with van der Waals surface area (Å²) in [6.07, 6.45) is 4.88. The number of carbonyl (C=O) groups excluding carboxylic acids is 3. The number of hydrogen-bond donors (Lipinski definition) is 2. The summed E-state index contributed by atoms with van der Waals surface area (Å²) in [5, 5.41) is 5.59. The van der Waals surface area contributed by atoms with E-state index in [0.717, 1.165) is 28.0 Å². The molecule has 0 saturated carbocycles. The molecular weight excluding hydrogens is 560 g/mol. The Bertz CT molecular complexity index is 1810. The zero-order valence-electron chi connectivity index (χ0n) is 24.8. The van der Waals surface area contributed by atoms with Gasteiger partial charge < -0.3 is 15.4 Å². The van der Waals surface area contributed by atoms with Gasteiger partial charge in [0.05, 0.1) is 6.61 Å². The zero-order valence-corrected chi connectivity index (χ0v) is 24.8. The first-order chi connectivity index (χ1) is 22.0. The normalized spacial score (nSPS) is 11.2. The second-order valence-electron chi connectivity index (χ2n) is 10.1. The smallest absolute Gasteiger partial charge is 0.272 e. The molecule has 5 rings (SSSR count). The molecule has 0 saturated heterocycles. The first-order valence-corrected chi connectivity index (χ1v) is 14.6. The number of nitrogens with one attached hydrogen (secondary N) is 2. The van der Waals surface area contributed by atoms with Gasteiger partial charge in [-0.2, -0.15) is 0 Å². The van der Waals surface area contributed by atoms with Crippen LogP contribution in [0.4, 0.5) is 5.69 Å². The van der Waals surface area contributed by atoms with Crippen molar-refractivity contribution in [1.82, 2.24) is 5.32 Å². The minimum Gasteiger partial charge on any atom is -0.494 e. The number of benzene rings is 5. The molecule has 2 N–H and O–H groups in total. The number of ketones is 1. The SMILES string of the molecule is CCOc1ccc(/C=C/C(=O)c2ccc(NC(=O)/C(=C/c3ccc(-c4ccccc4)cc3)NC(=O)c3ccccc3)cc2)cc1. The molecule has 5 aromatic carbocycles. The second-order valence-corrected chi connectivity index (χ2v) is 10.1. The van der Waals surface area contributed by atoms with Gasteiger partial charge in [0.2, 0.25) is 0 Å². The first kappa shape index (κ1) is 30.4. The van der Waals surface area contributed by atoms with Gasteiger partial charge in [0.15, 0.2) is 5.78 Å². The Balaban J connectivity index is 1.30. The number of amides is 2. The number of carbonyl (C=O) groups is 3. The Morgan fingerprint density at radius 2 is 1.24 bits per heavy atom. The van der Waals surface area contributed by atoms with Crippen molar-refractivity contribution in [2.24, 2.45) is 0 Å². The molecule has 45 heavy (non-hydrogen) atoms. The summed E-state index contributed by atoms with van der Waals surface area (Å²) < 4.78 is 5.45. The summed E-state index contributed by atoms with van der Waals surface area (Å²) >= 11 is 0. The molecule has 0 atom stereocenters. The van der Waals surface area contributed by atoms with E-state index in [9.17, 15) is 14.4 Å². The summed E-state index contributed by atoms with van der Waals surface area (Å²) in [5.41, 5.74) is 5.20. The highest BCUT2D eigenvalue weighted by molar-refractivity contribution is 6.11. The minimum atomic E-state index is -0.499. The first-order valence-electron chi connectivity index (χ1n) is 14.6. The summed E-state index contributed by atoms with van der Waals surface area (Å²) in [7, 11) is 0. The monoisotopic (exact) mass is 592 g/mol. The van der Waals surface area contributed by atoms with Crippen LogP contribution in [0.25, 0.3) is 23.3 Å². The van der Waals surface area contributed by atoms with Crippen molar-refractivity contribution >= 4 is 35.4 Å². The molecule has 0 aliphatic rings. The van der Waals surface area contributed by atoms with Gasteiger partial charge >= 0.3 is 0 Å². The highest BCUT2D eigenvalue weighted by Crippen LogP contribution is 2.21. The Labute approximate surface area is 262 Å². The summed E-state index contributed by atoms with van der Waals surface area (Å²) in [6.45, 7) is 2.52. The van der Waals surface area contributed by atoms with Gasteiger partial charge in [-0.1, -0.05) is 91.0 Å². The fourth-order valence-corrected chi connectivity index (χ4v) is 4.54. The van der Waals surface area contributed by atoms with E-state index < -0.39 is 11.8 Å². The standard InChI is InChI=1S/C39H32N2O4/c1-2-45-35-24-15-28(16-25-35)17-26-37(42)32-20-22-34(23-21-32)40-39(44)36(41-38(43)33-11-7-4-8-12-33)27-29-13-18-31(19-14-29)30-9-5-3-6-10-30/h3-27H,2H2,1H3,(H,40,44)(H,41,43)/b26-17+,36-27-. The Hall–Kier alpha value is -6.01. The number of rotatable bonds is 11. The van der Waals surface area contributed by atoms with Crippen LogP contribution in [0, 0.1) is 0 Å². The topological polar surface area (TPSA) is 84.5 Å². The molecule has 0 aromatic heterocycles. The molecule has 5 aromatic rings. The van der Waals surface area contributed by atoms with Crippen LogP contribution < -0.4 is 15.4 Å². The third kappa shape index (κ3) is 8.52. The van der Waals surface area contributed by atoms with E-state index in [1.165, 1.54) is 6.08 Å². The van der Waals surface area contributed by atoms with Crippen LogP contribution in [0.5, 0.6) is 5.75 Å². The largest absolute Gasteiger partial charge is 0.494 e. The van der Waals surface area contributed by atoms with E-state index in [4.69, 9.17) is 4.74 Å². The number of anilines is 1. The van der Waals surface area contributed by atoms with Crippen molar-refractivity contribution in [3.8, 4) is 16.9 Å². The molecule has 6 heteroatoms. The third-order valence-electron chi connectivity index (χ3n) is 6.90. The van der Waals surface area contributed by atoms with E-state index in [1.54, 1.807) is 60.7 Å². The quantitative estimate of drug-likeness (QED) is 0.120. The fourth-order valence-electron chi connectivity index (χ4n) is 4.54. The lowest BCUT2D eigenvalue weighted by Crippen LogP contribution is -2.30. The third-order valence-corrected chi connectivity index (χ3v) is 6.90. The Morgan fingerprint density at radius 3 is 1.89 bits per heavy atom. The maximum absolute atomic E-state index is 13.4. The van der Waals surface area contributed by atoms with Gasteiger partial charge in [-0.3, -0.25) is 14.4 Å². The predicted molar refractivity (Wildman–Crippen MR) is 180 cm³/mol. The summed E-state index contributed by atoms with van der Waals surface area (Å²) in [5.74, 6) is -0.298. The predicted octanol–water partition coefficient (Wildman–Crippen LogP) is 8.06. The maximum Gasteiger partial charge on any atom is 0.272 e. The zero-order chi connectivity index (χ0) is 31.4. The van der Waals surface area contributed by atoms with Gasteiger partial charge in [-0.15, -0.1) is 0 Å². The van der Waals surface area contributed by atoms with E-state index in [0.29, 0.717) is 23.4 Å². The van der Waals surface area contributed by atoms with Crippen molar-refractivity contribution < 1.29 is 19.1 Å². The number of allylic oxidation sites excluding steroid dienone is 1. The van der Waals surface area contributed by atoms with Crippen molar-refractivity contribution in [2.75, 3.05) is 11.9 Å². The summed E-state index contributed by atoms with van der Waals surface area (Å²) in [4.78, 5) is 39.2. The van der Waals surface area contributed by atoms with E-state index in [-0.39, 0.29) is 11.5 Å². The minimum absolute atomic E-state index is 0.0785. The molecule has 0 aliphatic heterocycles. The molecule has 0 fully saturated rings. The molecule has 0 bridgehead atoms. The highest BCUT2D eigenvalue weighted by Gasteiger charge is 2.15. The average molecular weight is 593 g/mol. The number of hydrogen-bond acceptors (Lipinski definition) is 4. The second kappa shape index (κ2) is 14.9. The molecule has 0 spiro atoms. The molecular formula is C39H32N2O4. The van der Waals surface area contributed by atoms with Crippen LogP contribution in [-0.4, -0.2) is 24.2 Å². The molecule has 222 valence electrons. The van der Waals surface area contributed by atoms with Crippen LogP contribution in [0.2, 0.25) is 0 Å². The summed E-state index contributed by atoms with van der Waals surface area (Å²) in [6, 6.07) is 40.5. The van der Waals surface area contributed by atoms with Crippen LogP contribution in [0.15, 0.2) is 145 Å². The van der Waals surface area contributed by atoms with Crippen LogP contribution in [0.1, 0.15) is 38.8 Å². The maximum atomic E-state index is 13.4. The Kier molecular flexibility index (Phi) is 10.1. The van der Waals surface area contributed by atoms with Gasteiger partial charge in [0.1, 0.15) is 11.4 Å².